The molecule has 0 aliphatic heterocycles. The number of carboxylic acids is 1. The average molecular weight is 227 g/mol. The highest BCUT2D eigenvalue weighted by atomic mass is 35.5. The Balaban J connectivity index is 2.90. The predicted molar refractivity (Wildman–Crippen MR) is 58.5 cm³/mol. The van der Waals surface area contributed by atoms with Crippen LogP contribution in [0.15, 0.2) is 17.5 Å². The molecule has 4 heteroatoms. The van der Waals surface area contributed by atoms with Gasteiger partial charge in [0.15, 0.2) is 0 Å². The van der Waals surface area contributed by atoms with Crippen LogP contribution in [0, 0.1) is 6.92 Å². The fourth-order valence-electron chi connectivity index (χ4n) is 1.44. The molecule has 0 saturated carbocycles. The molecule has 14 heavy (non-hydrogen) atoms. The summed E-state index contributed by atoms with van der Waals surface area (Å²) in [6, 6.07) is 3.40. The average Bonchev–Trinajstić information content (AvgIpc) is 2.49. The summed E-state index contributed by atoms with van der Waals surface area (Å²) >= 11 is 7.34. The van der Waals surface area contributed by atoms with Gasteiger partial charge in [0, 0.05) is 10.8 Å². The van der Waals surface area contributed by atoms with Crippen LogP contribution >= 0.6 is 22.9 Å². The van der Waals surface area contributed by atoms with Gasteiger partial charge in [0.05, 0.1) is 15.3 Å². The number of carbonyl (C=O) groups is 1. The minimum absolute atomic E-state index is 0.322. The first-order chi connectivity index (χ1) is 6.61. The van der Waals surface area contributed by atoms with E-state index in [0.29, 0.717) is 10.6 Å². The molecule has 2 aromatic rings. The van der Waals surface area contributed by atoms with Crippen LogP contribution in [0.4, 0.5) is 0 Å². The van der Waals surface area contributed by atoms with Crippen LogP contribution in [-0.2, 0) is 0 Å². The third-order valence-corrected chi connectivity index (χ3v) is 3.56. The second kappa shape index (κ2) is 3.26. The SMILES string of the molecule is Cc1ccc(C(=O)O)c2scc(Cl)c12. The number of aryl methyl sites for hydroxylation is 1. The standard InChI is InChI=1S/C10H7ClO2S/c1-5-2-3-6(10(12)13)9-8(5)7(11)4-14-9/h2-4H,1H3,(H,12,13). The van der Waals surface area contributed by atoms with E-state index < -0.39 is 5.97 Å². The summed E-state index contributed by atoms with van der Waals surface area (Å²) in [4.78, 5) is 10.9. The van der Waals surface area contributed by atoms with Gasteiger partial charge in [-0.25, -0.2) is 4.79 Å². The van der Waals surface area contributed by atoms with Gasteiger partial charge in [-0.15, -0.1) is 11.3 Å². The van der Waals surface area contributed by atoms with Gasteiger partial charge in [0.2, 0.25) is 0 Å². The summed E-state index contributed by atoms with van der Waals surface area (Å²) in [6.45, 7) is 1.92. The number of thiophene rings is 1. The molecule has 2 nitrogen and oxygen atoms in total. The quantitative estimate of drug-likeness (QED) is 0.807. The number of carboxylic acid groups (broad SMARTS) is 1. The summed E-state index contributed by atoms with van der Waals surface area (Å²) < 4.78 is 0.752. The zero-order valence-electron chi connectivity index (χ0n) is 7.37. The van der Waals surface area contributed by atoms with Crippen molar-refractivity contribution in [3.63, 3.8) is 0 Å². The minimum atomic E-state index is -0.909. The third-order valence-electron chi connectivity index (χ3n) is 2.12. The van der Waals surface area contributed by atoms with E-state index >= 15 is 0 Å². The first kappa shape index (κ1) is 9.49. The largest absolute Gasteiger partial charge is 0.478 e. The van der Waals surface area contributed by atoms with Gasteiger partial charge in [-0.2, -0.15) is 0 Å². The predicted octanol–water partition coefficient (Wildman–Crippen LogP) is 3.56. The number of halogens is 1. The summed E-state index contributed by atoms with van der Waals surface area (Å²) in [5.74, 6) is -0.909. The lowest BCUT2D eigenvalue weighted by Gasteiger charge is -2.00. The van der Waals surface area contributed by atoms with Crippen LogP contribution < -0.4 is 0 Å². The number of hydrogen-bond donors (Lipinski definition) is 1. The molecule has 0 bridgehead atoms. The van der Waals surface area contributed by atoms with Crippen molar-refractivity contribution in [3.8, 4) is 0 Å². The lowest BCUT2D eigenvalue weighted by Crippen LogP contribution is -1.96. The van der Waals surface area contributed by atoms with Gasteiger partial charge >= 0.3 is 5.97 Å². The van der Waals surface area contributed by atoms with Crippen LogP contribution in [-0.4, -0.2) is 11.1 Å². The van der Waals surface area contributed by atoms with Crippen molar-refractivity contribution < 1.29 is 9.90 Å². The molecule has 0 atom stereocenters. The van der Waals surface area contributed by atoms with E-state index in [1.807, 2.05) is 6.92 Å². The molecule has 0 fully saturated rings. The molecule has 72 valence electrons. The zero-order chi connectivity index (χ0) is 10.3. The second-order valence-corrected chi connectivity index (χ2v) is 4.31. The van der Waals surface area contributed by atoms with Gasteiger partial charge in [-0.3, -0.25) is 0 Å². The Morgan fingerprint density at radius 2 is 2.21 bits per heavy atom. The maximum atomic E-state index is 10.9. The maximum Gasteiger partial charge on any atom is 0.337 e. The van der Waals surface area contributed by atoms with Crippen molar-refractivity contribution in [2.24, 2.45) is 0 Å². The molecular weight excluding hydrogens is 220 g/mol. The maximum absolute atomic E-state index is 10.9. The van der Waals surface area contributed by atoms with Crippen LogP contribution in [0.5, 0.6) is 0 Å². The van der Waals surface area contributed by atoms with Crippen molar-refractivity contribution in [1.29, 1.82) is 0 Å². The van der Waals surface area contributed by atoms with Crippen LogP contribution in [0.25, 0.3) is 10.1 Å². The Labute approximate surface area is 89.7 Å². The number of rotatable bonds is 1. The minimum Gasteiger partial charge on any atom is -0.478 e. The lowest BCUT2D eigenvalue weighted by molar-refractivity contribution is 0.0699. The van der Waals surface area contributed by atoms with E-state index in [-0.39, 0.29) is 0 Å². The molecule has 0 amide bonds. The molecule has 0 aliphatic rings. The van der Waals surface area contributed by atoms with Crippen molar-refractivity contribution in [3.05, 3.63) is 33.7 Å². The van der Waals surface area contributed by atoms with Gasteiger partial charge in [-0.1, -0.05) is 17.7 Å². The highest BCUT2D eigenvalue weighted by Gasteiger charge is 2.13. The highest BCUT2D eigenvalue weighted by molar-refractivity contribution is 7.18. The second-order valence-electron chi connectivity index (χ2n) is 3.02. The number of hydrogen-bond acceptors (Lipinski definition) is 2. The molecule has 0 aliphatic carbocycles. The van der Waals surface area contributed by atoms with Crippen LogP contribution in [0.1, 0.15) is 15.9 Å². The third kappa shape index (κ3) is 1.29. The molecule has 2 rings (SSSR count). The van der Waals surface area contributed by atoms with Gasteiger partial charge in [-0.05, 0) is 18.6 Å². The first-order valence-corrected chi connectivity index (χ1v) is 5.26. The van der Waals surface area contributed by atoms with Crippen molar-refractivity contribution in [1.82, 2.24) is 0 Å². The Bertz CT molecular complexity index is 516. The fraction of sp³-hybridized carbons (Fsp3) is 0.100. The molecular formula is C10H7ClO2S. The fourth-order valence-corrected chi connectivity index (χ4v) is 2.88. The summed E-state index contributed by atoms with van der Waals surface area (Å²) in [5, 5.41) is 12.2. The summed E-state index contributed by atoms with van der Waals surface area (Å²) in [6.07, 6.45) is 0. The molecule has 1 aromatic carbocycles. The Hall–Kier alpha value is -1.06. The molecule has 0 saturated heterocycles. The topological polar surface area (TPSA) is 37.3 Å². The van der Waals surface area contributed by atoms with E-state index in [9.17, 15) is 4.79 Å². The van der Waals surface area contributed by atoms with E-state index in [1.54, 1.807) is 17.5 Å². The van der Waals surface area contributed by atoms with Crippen molar-refractivity contribution >= 4 is 39.0 Å². The van der Waals surface area contributed by atoms with Gasteiger partial charge < -0.3 is 5.11 Å². The Morgan fingerprint density at radius 3 is 2.86 bits per heavy atom. The smallest absolute Gasteiger partial charge is 0.337 e. The molecule has 1 heterocycles. The van der Waals surface area contributed by atoms with Crippen molar-refractivity contribution in [2.75, 3.05) is 0 Å². The van der Waals surface area contributed by atoms with Gasteiger partial charge in [0.1, 0.15) is 0 Å². The van der Waals surface area contributed by atoms with Gasteiger partial charge in [0.25, 0.3) is 0 Å². The molecule has 1 N–H and O–H groups in total. The molecule has 0 unspecified atom stereocenters. The lowest BCUT2D eigenvalue weighted by atomic mass is 10.1. The van der Waals surface area contributed by atoms with E-state index in [0.717, 1.165) is 15.6 Å². The zero-order valence-corrected chi connectivity index (χ0v) is 8.95. The monoisotopic (exact) mass is 226 g/mol. The van der Waals surface area contributed by atoms with Crippen LogP contribution in [0.2, 0.25) is 5.02 Å². The highest BCUT2D eigenvalue weighted by Crippen LogP contribution is 2.34. The van der Waals surface area contributed by atoms with E-state index in [2.05, 4.69) is 0 Å². The summed E-state index contributed by atoms with van der Waals surface area (Å²) in [5.41, 5.74) is 1.33. The normalized spacial score (nSPS) is 10.7. The van der Waals surface area contributed by atoms with E-state index in [1.165, 1.54) is 11.3 Å². The van der Waals surface area contributed by atoms with Crippen LogP contribution in [0.3, 0.4) is 0 Å². The molecule has 0 spiro atoms. The van der Waals surface area contributed by atoms with E-state index in [4.69, 9.17) is 16.7 Å². The summed E-state index contributed by atoms with van der Waals surface area (Å²) in [7, 11) is 0. The Kier molecular flexibility index (Phi) is 2.21. The Morgan fingerprint density at radius 1 is 1.50 bits per heavy atom. The van der Waals surface area contributed by atoms with Crippen molar-refractivity contribution in [2.45, 2.75) is 6.92 Å². The number of benzene rings is 1. The number of aromatic carboxylic acids is 1. The first-order valence-electron chi connectivity index (χ1n) is 4.01. The molecule has 0 radical (unpaired) electrons. The number of fused-ring (bicyclic) bond motifs is 1. The molecule has 1 aromatic heterocycles.